The third kappa shape index (κ3) is 2.43. The highest BCUT2D eigenvalue weighted by molar-refractivity contribution is 5.40. The Hall–Kier alpha value is -1.68. The molecule has 1 aromatic carbocycles. The van der Waals surface area contributed by atoms with E-state index in [1.807, 2.05) is 4.68 Å². The quantitative estimate of drug-likeness (QED) is 0.892. The van der Waals surface area contributed by atoms with E-state index in [0.29, 0.717) is 0 Å². The zero-order chi connectivity index (χ0) is 12.2. The van der Waals surface area contributed by atoms with Crippen LogP contribution in [0.2, 0.25) is 0 Å². The van der Waals surface area contributed by atoms with Crippen LogP contribution in [0.4, 0.5) is 0 Å². The van der Waals surface area contributed by atoms with E-state index in [9.17, 15) is 0 Å². The molecular formula is C14H18N4. The van der Waals surface area contributed by atoms with E-state index in [4.69, 9.17) is 0 Å². The van der Waals surface area contributed by atoms with Crippen LogP contribution >= 0.6 is 0 Å². The van der Waals surface area contributed by atoms with Crippen molar-refractivity contribution in [1.29, 1.82) is 0 Å². The molecule has 1 fully saturated rings. The van der Waals surface area contributed by atoms with Gasteiger partial charge in [-0.25, -0.2) is 9.67 Å². The molecule has 0 radical (unpaired) electrons. The van der Waals surface area contributed by atoms with Gasteiger partial charge in [0.15, 0.2) is 0 Å². The summed E-state index contributed by atoms with van der Waals surface area (Å²) in [5.41, 5.74) is 2.53. The van der Waals surface area contributed by atoms with Crippen LogP contribution in [0.15, 0.2) is 36.9 Å². The lowest BCUT2D eigenvalue weighted by atomic mass is 9.90. The summed E-state index contributed by atoms with van der Waals surface area (Å²) in [6.45, 7) is 2.30. The van der Waals surface area contributed by atoms with Gasteiger partial charge in [-0.15, -0.1) is 0 Å². The second-order valence-electron chi connectivity index (χ2n) is 4.87. The Kier molecular flexibility index (Phi) is 3.37. The van der Waals surface area contributed by atoms with Gasteiger partial charge in [0.1, 0.15) is 12.7 Å². The first-order valence-electron chi connectivity index (χ1n) is 6.57. The van der Waals surface area contributed by atoms with Crippen molar-refractivity contribution in [3.05, 3.63) is 42.5 Å². The zero-order valence-corrected chi connectivity index (χ0v) is 10.4. The van der Waals surface area contributed by atoms with Crippen molar-refractivity contribution in [2.45, 2.75) is 19.3 Å². The zero-order valence-electron chi connectivity index (χ0n) is 10.4. The Bertz CT molecular complexity index is 486. The average molecular weight is 242 g/mol. The standard InChI is InChI=1S/C14H18N4/c1-2-4-14(18-11-16-10-17-18)13(3-1)9-12-5-7-15-8-6-12/h1-4,10-12,15H,5-9H2. The van der Waals surface area contributed by atoms with E-state index in [1.54, 1.807) is 12.7 Å². The first-order valence-corrected chi connectivity index (χ1v) is 6.57. The molecule has 0 atom stereocenters. The third-order valence-electron chi connectivity index (χ3n) is 3.62. The molecular weight excluding hydrogens is 224 g/mol. The van der Waals surface area contributed by atoms with Gasteiger partial charge in [0.2, 0.25) is 0 Å². The normalized spacial score (nSPS) is 16.9. The molecule has 1 aromatic heterocycles. The molecule has 4 nitrogen and oxygen atoms in total. The van der Waals surface area contributed by atoms with Crippen LogP contribution in [0, 0.1) is 5.92 Å². The maximum absolute atomic E-state index is 4.23. The molecule has 0 bridgehead atoms. The lowest BCUT2D eigenvalue weighted by Crippen LogP contribution is -2.28. The predicted molar refractivity (Wildman–Crippen MR) is 70.7 cm³/mol. The summed E-state index contributed by atoms with van der Waals surface area (Å²) in [6, 6.07) is 8.49. The lowest BCUT2D eigenvalue weighted by molar-refractivity contribution is 0.372. The van der Waals surface area contributed by atoms with Crippen LogP contribution in [0.5, 0.6) is 0 Å². The fraction of sp³-hybridized carbons (Fsp3) is 0.429. The van der Waals surface area contributed by atoms with E-state index in [1.165, 1.54) is 18.4 Å². The van der Waals surface area contributed by atoms with E-state index >= 15 is 0 Å². The van der Waals surface area contributed by atoms with Gasteiger partial charge < -0.3 is 5.32 Å². The third-order valence-corrected chi connectivity index (χ3v) is 3.62. The van der Waals surface area contributed by atoms with Gasteiger partial charge in [-0.05, 0) is 49.9 Å². The highest BCUT2D eigenvalue weighted by atomic mass is 15.3. The van der Waals surface area contributed by atoms with Gasteiger partial charge in [0, 0.05) is 0 Å². The second kappa shape index (κ2) is 5.31. The molecule has 1 aliphatic heterocycles. The molecule has 94 valence electrons. The van der Waals surface area contributed by atoms with Gasteiger partial charge in [-0.3, -0.25) is 0 Å². The van der Waals surface area contributed by atoms with Crippen molar-refractivity contribution in [2.75, 3.05) is 13.1 Å². The fourth-order valence-electron chi connectivity index (χ4n) is 2.64. The van der Waals surface area contributed by atoms with Gasteiger partial charge in [0.25, 0.3) is 0 Å². The van der Waals surface area contributed by atoms with Crippen molar-refractivity contribution in [3.63, 3.8) is 0 Å². The summed E-state index contributed by atoms with van der Waals surface area (Å²) in [5, 5.41) is 7.65. The van der Waals surface area contributed by atoms with E-state index < -0.39 is 0 Å². The minimum Gasteiger partial charge on any atom is -0.317 e. The van der Waals surface area contributed by atoms with Crippen LogP contribution in [-0.2, 0) is 6.42 Å². The number of benzene rings is 1. The molecule has 18 heavy (non-hydrogen) atoms. The summed E-state index contributed by atoms with van der Waals surface area (Å²) in [6.07, 6.45) is 7.03. The summed E-state index contributed by atoms with van der Waals surface area (Å²) < 4.78 is 1.86. The summed E-state index contributed by atoms with van der Waals surface area (Å²) in [5.74, 6) is 0.788. The maximum atomic E-state index is 4.23. The number of hydrogen-bond acceptors (Lipinski definition) is 3. The molecule has 2 aromatic rings. The summed E-state index contributed by atoms with van der Waals surface area (Å²) in [7, 11) is 0. The number of para-hydroxylation sites is 1. The van der Waals surface area contributed by atoms with E-state index in [-0.39, 0.29) is 0 Å². The molecule has 0 aliphatic carbocycles. The van der Waals surface area contributed by atoms with Crippen LogP contribution in [0.25, 0.3) is 5.69 Å². The average Bonchev–Trinajstić information content (AvgIpc) is 2.94. The molecule has 3 rings (SSSR count). The first kappa shape index (κ1) is 11.4. The first-order chi connectivity index (χ1) is 8.93. The number of aromatic nitrogens is 3. The largest absolute Gasteiger partial charge is 0.317 e. The minimum absolute atomic E-state index is 0.788. The molecule has 0 saturated carbocycles. The Morgan fingerprint density at radius 2 is 2.06 bits per heavy atom. The monoisotopic (exact) mass is 242 g/mol. The lowest BCUT2D eigenvalue weighted by Gasteiger charge is -2.23. The van der Waals surface area contributed by atoms with Crippen LogP contribution in [0.1, 0.15) is 18.4 Å². The van der Waals surface area contributed by atoms with Crippen LogP contribution < -0.4 is 5.32 Å². The predicted octanol–water partition coefficient (Wildman–Crippen LogP) is 1.81. The molecule has 0 spiro atoms. The van der Waals surface area contributed by atoms with Crippen molar-refractivity contribution < 1.29 is 0 Å². The molecule has 1 N–H and O–H groups in total. The molecule has 4 heteroatoms. The number of hydrogen-bond donors (Lipinski definition) is 1. The molecule has 0 unspecified atom stereocenters. The van der Waals surface area contributed by atoms with Crippen molar-refractivity contribution in [1.82, 2.24) is 20.1 Å². The van der Waals surface area contributed by atoms with Gasteiger partial charge >= 0.3 is 0 Å². The van der Waals surface area contributed by atoms with Gasteiger partial charge in [-0.2, -0.15) is 5.10 Å². The second-order valence-corrected chi connectivity index (χ2v) is 4.87. The summed E-state index contributed by atoms with van der Waals surface area (Å²) >= 11 is 0. The smallest absolute Gasteiger partial charge is 0.138 e. The van der Waals surface area contributed by atoms with Crippen LogP contribution in [0.3, 0.4) is 0 Å². The van der Waals surface area contributed by atoms with Gasteiger partial charge in [-0.1, -0.05) is 18.2 Å². The molecule has 0 amide bonds. The summed E-state index contributed by atoms with van der Waals surface area (Å²) in [4.78, 5) is 4.03. The van der Waals surface area contributed by atoms with E-state index in [2.05, 4.69) is 39.7 Å². The Balaban J connectivity index is 1.83. The molecule has 1 aliphatic rings. The SMILES string of the molecule is c1ccc(-n2cncn2)c(CC2CCNCC2)c1. The van der Waals surface area contributed by atoms with Gasteiger partial charge in [0.05, 0.1) is 5.69 Å². The maximum Gasteiger partial charge on any atom is 0.138 e. The minimum atomic E-state index is 0.788. The molecule has 1 saturated heterocycles. The Labute approximate surface area is 107 Å². The Morgan fingerprint density at radius 1 is 1.22 bits per heavy atom. The number of piperidine rings is 1. The topological polar surface area (TPSA) is 42.7 Å². The highest BCUT2D eigenvalue weighted by Gasteiger charge is 2.15. The van der Waals surface area contributed by atoms with Crippen molar-refractivity contribution in [2.24, 2.45) is 5.92 Å². The fourth-order valence-corrected chi connectivity index (χ4v) is 2.64. The highest BCUT2D eigenvalue weighted by Crippen LogP contribution is 2.22. The Morgan fingerprint density at radius 3 is 2.83 bits per heavy atom. The van der Waals surface area contributed by atoms with Crippen molar-refractivity contribution in [3.8, 4) is 5.69 Å². The number of nitrogens with zero attached hydrogens (tertiary/aromatic N) is 3. The number of nitrogens with one attached hydrogen (secondary N) is 1. The van der Waals surface area contributed by atoms with E-state index in [0.717, 1.165) is 31.1 Å². The number of rotatable bonds is 3. The van der Waals surface area contributed by atoms with Crippen LogP contribution in [-0.4, -0.2) is 27.9 Å². The van der Waals surface area contributed by atoms with Crippen molar-refractivity contribution >= 4 is 0 Å². The molecule has 2 heterocycles.